The summed E-state index contributed by atoms with van der Waals surface area (Å²) in [6, 6.07) is 0.597. The van der Waals surface area contributed by atoms with Gasteiger partial charge in [-0.1, -0.05) is 32.9 Å². The molecule has 13 heavy (non-hydrogen) atoms. The molecule has 1 heteroatoms. The van der Waals surface area contributed by atoms with E-state index >= 15 is 0 Å². The van der Waals surface area contributed by atoms with Crippen LogP contribution in [0.5, 0.6) is 0 Å². The van der Waals surface area contributed by atoms with Gasteiger partial charge in [0, 0.05) is 19.3 Å². The van der Waals surface area contributed by atoms with Crippen LogP contribution in [0.1, 0.15) is 34.1 Å². The summed E-state index contributed by atoms with van der Waals surface area (Å²) in [5.74, 6) is 0.735. The van der Waals surface area contributed by atoms with Crippen LogP contribution in [0, 0.1) is 5.92 Å². The van der Waals surface area contributed by atoms with Gasteiger partial charge in [-0.15, -0.1) is 0 Å². The molecule has 0 saturated carbocycles. The largest absolute Gasteiger partial charge is 0.377 e. The van der Waals surface area contributed by atoms with Crippen molar-refractivity contribution in [2.45, 2.75) is 40.2 Å². The van der Waals surface area contributed by atoms with Crippen molar-refractivity contribution in [2.75, 3.05) is 7.05 Å². The lowest BCUT2D eigenvalue weighted by Crippen LogP contribution is -2.30. The lowest BCUT2D eigenvalue weighted by Gasteiger charge is -2.28. The number of rotatable bonds is 5. The highest BCUT2D eigenvalue weighted by molar-refractivity contribution is 5.12. The predicted molar refractivity (Wildman–Crippen MR) is 60.6 cm³/mol. The van der Waals surface area contributed by atoms with Gasteiger partial charge in [0.1, 0.15) is 0 Å². The van der Waals surface area contributed by atoms with Gasteiger partial charge in [-0.2, -0.15) is 0 Å². The van der Waals surface area contributed by atoms with Crippen molar-refractivity contribution in [1.29, 1.82) is 0 Å². The molecule has 0 aliphatic rings. The molecule has 0 aromatic heterocycles. The van der Waals surface area contributed by atoms with E-state index in [1.54, 1.807) is 0 Å². The highest BCUT2D eigenvalue weighted by Gasteiger charge is 2.12. The Morgan fingerprint density at radius 3 is 2.38 bits per heavy atom. The molecule has 0 aliphatic heterocycles. The Bertz CT molecular complexity index is 182. The Hall–Kier alpha value is -0.720. The van der Waals surface area contributed by atoms with Crippen molar-refractivity contribution in [3.8, 4) is 0 Å². The Labute approximate surface area is 83.1 Å². The van der Waals surface area contributed by atoms with Crippen LogP contribution in [0.4, 0.5) is 0 Å². The van der Waals surface area contributed by atoms with Crippen LogP contribution in [-0.4, -0.2) is 18.0 Å². The van der Waals surface area contributed by atoms with Gasteiger partial charge in [-0.3, -0.25) is 0 Å². The summed E-state index contributed by atoms with van der Waals surface area (Å²) in [5, 5.41) is 0. The summed E-state index contributed by atoms with van der Waals surface area (Å²) in [6.45, 7) is 12.6. The van der Waals surface area contributed by atoms with Crippen LogP contribution in [0.3, 0.4) is 0 Å². The smallest absolute Gasteiger partial charge is 0.0278 e. The van der Waals surface area contributed by atoms with Crippen molar-refractivity contribution >= 4 is 0 Å². The average molecular weight is 181 g/mol. The van der Waals surface area contributed by atoms with Crippen molar-refractivity contribution in [2.24, 2.45) is 5.92 Å². The lowest BCUT2D eigenvalue weighted by molar-refractivity contribution is 0.260. The fourth-order valence-electron chi connectivity index (χ4n) is 1.23. The van der Waals surface area contributed by atoms with Gasteiger partial charge in [-0.25, -0.2) is 0 Å². The molecule has 2 unspecified atom stereocenters. The fraction of sp³-hybridized carbons (Fsp3) is 0.667. The Morgan fingerprint density at radius 1 is 1.46 bits per heavy atom. The van der Waals surface area contributed by atoms with Crippen LogP contribution >= 0.6 is 0 Å². The van der Waals surface area contributed by atoms with Crippen LogP contribution in [0.2, 0.25) is 0 Å². The molecule has 0 aliphatic carbocycles. The highest BCUT2D eigenvalue weighted by atomic mass is 15.1. The third-order valence-electron chi connectivity index (χ3n) is 2.84. The molecule has 0 bridgehead atoms. The molecule has 0 N–H and O–H groups in total. The monoisotopic (exact) mass is 181 g/mol. The lowest BCUT2D eigenvalue weighted by atomic mass is 10.00. The van der Waals surface area contributed by atoms with Crippen LogP contribution in [0.15, 0.2) is 24.4 Å². The van der Waals surface area contributed by atoms with E-state index < -0.39 is 0 Å². The van der Waals surface area contributed by atoms with Crippen LogP contribution in [0.25, 0.3) is 0 Å². The number of hydrogen-bond donors (Lipinski definition) is 0. The second kappa shape index (κ2) is 5.85. The van der Waals surface area contributed by atoms with E-state index in [1.807, 2.05) is 6.08 Å². The van der Waals surface area contributed by atoms with E-state index in [-0.39, 0.29) is 0 Å². The summed E-state index contributed by atoms with van der Waals surface area (Å²) in [4.78, 5) is 2.27. The molecular formula is C12H23N. The first-order valence-electron chi connectivity index (χ1n) is 5.05. The summed E-state index contributed by atoms with van der Waals surface area (Å²) >= 11 is 0. The third kappa shape index (κ3) is 4.16. The van der Waals surface area contributed by atoms with E-state index in [2.05, 4.69) is 52.4 Å². The van der Waals surface area contributed by atoms with Gasteiger partial charge in [0.15, 0.2) is 0 Å². The van der Waals surface area contributed by atoms with Crippen LogP contribution < -0.4 is 0 Å². The average Bonchev–Trinajstić information content (AvgIpc) is 2.14. The van der Waals surface area contributed by atoms with Gasteiger partial charge >= 0.3 is 0 Å². The molecular weight excluding hydrogens is 158 g/mol. The fourth-order valence-corrected chi connectivity index (χ4v) is 1.23. The zero-order valence-electron chi connectivity index (χ0n) is 9.67. The summed E-state index contributed by atoms with van der Waals surface area (Å²) < 4.78 is 0. The molecule has 0 amide bonds. The number of nitrogens with zero attached hydrogens (tertiary/aromatic N) is 1. The van der Waals surface area contributed by atoms with E-state index in [9.17, 15) is 0 Å². The minimum Gasteiger partial charge on any atom is -0.377 e. The molecule has 0 aromatic rings. The first-order valence-corrected chi connectivity index (χ1v) is 5.05. The van der Waals surface area contributed by atoms with Crippen molar-refractivity contribution < 1.29 is 0 Å². The molecule has 0 fully saturated rings. The second-order valence-electron chi connectivity index (χ2n) is 3.87. The van der Waals surface area contributed by atoms with Crippen molar-refractivity contribution in [3.05, 3.63) is 24.4 Å². The molecule has 0 aromatic carbocycles. The third-order valence-corrected chi connectivity index (χ3v) is 2.84. The minimum atomic E-state index is 0.597. The normalized spacial score (nSPS) is 16.5. The maximum Gasteiger partial charge on any atom is 0.0278 e. The summed E-state index contributed by atoms with van der Waals surface area (Å²) in [7, 11) is 2.13. The van der Waals surface area contributed by atoms with Crippen molar-refractivity contribution in [1.82, 2.24) is 4.90 Å². The molecule has 0 saturated heterocycles. The predicted octanol–water partition coefficient (Wildman–Crippen LogP) is 3.44. The van der Waals surface area contributed by atoms with Gasteiger partial charge in [0.2, 0.25) is 0 Å². The van der Waals surface area contributed by atoms with E-state index in [0.717, 1.165) is 5.92 Å². The van der Waals surface area contributed by atoms with E-state index in [1.165, 1.54) is 12.0 Å². The minimum absolute atomic E-state index is 0.597. The Kier molecular flexibility index (Phi) is 5.52. The number of hydrogen-bond acceptors (Lipinski definition) is 1. The zero-order valence-corrected chi connectivity index (χ0v) is 9.67. The molecule has 1 nitrogen and oxygen atoms in total. The first-order chi connectivity index (χ1) is 6.02. The molecule has 0 rings (SSSR count). The molecule has 2 atom stereocenters. The Balaban J connectivity index is 4.25. The molecule has 0 heterocycles. The van der Waals surface area contributed by atoms with E-state index in [0.29, 0.717) is 6.04 Å². The SMILES string of the molecule is C=C/C(C)=C\N(C)C(C)C(C)CC. The maximum atomic E-state index is 3.74. The molecule has 76 valence electrons. The summed E-state index contributed by atoms with van der Waals surface area (Å²) in [6.07, 6.45) is 5.27. The zero-order chi connectivity index (χ0) is 10.4. The van der Waals surface area contributed by atoms with Crippen LogP contribution in [-0.2, 0) is 0 Å². The summed E-state index contributed by atoms with van der Waals surface area (Å²) in [5.41, 5.74) is 1.22. The van der Waals surface area contributed by atoms with Gasteiger partial charge < -0.3 is 4.90 Å². The second-order valence-corrected chi connectivity index (χ2v) is 3.87. The van der Waals surface area contributed by atoms with Gasteiger partial charge in [0.05, 0.1) is 0 Å². The standard InChI is InChI=1S/C12H23N/c1-7-10(3)9-13(6)12(5)11(4)8-2/h7,9,11-12H,1,8H2,2-6H3/b10-9-. The first kappa shape index (κ1) is 12.3. The number of allylic oxidation sites excluding steroid dienone is 2. The Morgan fingerprint density at radius 2 is 2.00 bits per heavy atom. The molecule has 0 radical (unpaired) electrons. The van der Waals surface area contributed by atoms with Gasteiger partial charge in [-0.05, 0) is 25.3 Å². The van der Waals surface area contributed by atoms with Gasteiger partial charge in [0.25, 0.3) is 0 Å². The maximum absolute atomic E-state index is 3.74. The molecule has 0 spiro atoms. The topological polar surface area (TPSA) is 3.24 Å². The highest BCUT2D eigenvalue weighted by Crippen LogP contribution is 2.13. The van der Waals surface area contributed by atoms with E-state index in [4.69, 9.17) is 0 Å². The van der Waals surface area contributed by atoms with Crippen molar-refractivity contribution in [3.63, 3.8) is 0 Å². The quantitative estimate of drug-likeness (QED) is 0.587.